The maximum Gasteiger partial charge on any atom is 0.328 e. The van der Waals surface area contributed by atoms with Gasteiger partial charge >= 0.3 is 5.97 Å². The van der Waals surface area contributed by atoms with Crippen LogP contribution < -0.4 is 0 Å². The monoisotopic (exact) mass is 352 g/mol. The Labute approximate surface area is 158 Å². The molecule has 1 atom stereocenters. The van der Waals surface area contributed by atoms with Crippen molar-refractivity contribution in [1.82, 2.24) is 0 Å². The fourth-order valence-corrected chi connectivity index (χ4v) is 4.78. The van der Waals surface area contributed by atoms with Crippen molar-refractivity contribution in [2.75, 3.05) is 0 Å². The van der Waals surface area contributed by atoms with Gasteiger partial charge in [0.15, 0.2) is 0 Å². The van der Waals surface area contributed by atoms with Crippen LogP contribution >= 0.6 is 0 Å². The molecule has 0 aromatic heterocycles. The molecule has 0 unspecified atom stereocenters. The third-order valence-corrected chi connectivity index (χ3v) is 6.84. The highest BCUT2D eigenvalue weighted by molar-refractivity contribution is 5.81. The second-order valence-corrected chi connectivity index (χ2v) is 9.92. The van der Waals surface area contributed by atoms with Gasteiger partial charge in [-0.2, -0.15) is 0 Å². The first-order valence-corrected chi connectivity index (χ1v) is 9.72. The molecule has 1 N–H and O–H groups in total. The van der Waals surface area contributed by atoms with E-state index < -0.39 is 5.97 Å². The Bertz CT molecular complexity index is 790. The summed E-state index contributed by atoms with van der Waals surface area (Å²) < 4.78 is 0. The van der Waals surface area contributed by atoms with Crippen LogP contribution in [0.3, 0.4) is 0 Å². The molecule has 1 aromatic carbocycles. The average Bonchev–Trinajstić information content (AvgIpc) is 2.53. The van der Waals surface area contributed by atoms with E-state index in [1.54, 1.807) is 0 Å². The predicted octanol–water partition coefficient (Wildman–Crippen LogP) is 6.12. The lowest BCUT2D eigenvalue weighted by Crippen LogP contribution is -2.34. The molecule has 0 saturated heterocycles. The van der Waals surface area contributed by atoms with E-state index in [4.69, 9.17) is 0 Å². The Morgan fingerprint density at radius 2 is 1.65 bits per heavy atom. The van der Waals surface area contributed by atoms with Crippen molar-refractivity contribution in [1.29, 1.82) is 0 Å². The van der Waals surface area contributed by atoms with E-state index in [1.807, 2.05) is 6.08 Å². The van der Waals surface area contributed by atoms with Gasteiger partial charge in [-0.15, -0.1) is 0 Å². The van der Waals surface area contributed by atoms with Gasteiger partial charge in [0.05, 0.1) is 0 Å². The van der Waals surface area contributed by atoms with Crippen LogP contribution in [0.2, 0.25) is 0 Å². The highest BCUT2D eigenvalue weighted by atomic mass is 16.4. The Balaban J connectivity index is 2.09. The van der Waals surface area contributed by atoms with E-state index >= 15 is 0 Å². The van der Waals surface area contributed by atoms with Crippen LogP contribution in [0.1, 0.15) is 83.4 Å². The van der Waals surface area contributed by atoms with Crippen molar-refractivity contribution in [3.05, 3.63) is 58.7 Å². The minimum absolute atomic E-state index is 0.190. The number of rotatable bonds is 2. The second-order valence-electron chi connectivity index (χ2n) is 9.92. The van der Waals surface area contributed by atoms with Crippen molar-refractivity contribution in [3.8, 4) is 0 Å². The summed E-state index contributed by atoms with van der Waals surface area (Å²) in [5.41, 5.74) is 5.40. The van der Waals surface area contributed by atoms with Gasteiger partial charge in [0.1, 0.15) is 0 Å². The number of hydrogen-bond donors (Lipinski definition) is 1. The van der Waals surface area contributed by atoms with Gasteiger partial charge in [0.25, 0.3) is 0 Å². The van der Waals surface area contributed by atoms with E-state index in [9.17, 15) is 9.90 Å². The summed E-state index contributed by atoms with van der Waals surface area (Å²) in [7, 11) is 0. The van der Waals surface area contributed by atoms with Crippen molar-refractivity contribution < 1.29 is 9.90 Å². The molecule has 26 heavy (non-hydrogen) atoms. The van der Waals surface area contributed by atoms with Gasteiger partial charge < -0.3 is 5.11 Å². The summed E-state index contributed by atoms with van der Waals surface area (Å²) in [6.07, 6.45) is 8.85. The molecule has 0 radical (unpaired) electrons. The topological polar surface area (TPSA) is 37.3 Å². The van der Waals surface area contributed by atoms with Gasteiger partial charge in [-0.3, -0.25) is 0 Å². The summed E-state index contributed by atoms with van der Waals surface area (Å²) in [5, 5.41) is 9.23. The van der Waals surface area contributed by atoms with Crippen molar-refractivity contribution >= 4 is 5.97 Å². The quantitative estimate of drug-likeness (QED) is 0.651. The fraction of sp³-hybridized carbons (Fsp3) is 0.542. The van der Waals surface area contributed by atoms with Crippen LogP contribution in [0.15, 0.2) is 42.0 Å². The maximum absolute atomic E-state index is 11.2. The zero-order valence-electron chi connectivity index (χ0n) is 17.0. The Morgan fingerprint density at radius 3 is 2.27 bits per heavy atom. The van der Waals surface area contributed by atoms with Gasteiger partial charge in [-0.25, -0.2) is 4.79 Å². The molecule has 2 aliphatic rings. The van der Waals surface area contributed by atoms with E-state index in [0.29, 0.717) is 5.92 Å². The van der Waals surface area contributed by atoms with Crippen LogP contribution in [0.5, 0.6) is 0 Å². The van der Waals surface area contributed by atoms with Crippen LogP contribution in [0.25, 0.3) is 0 Å². The molecule has 0 saturated carbocycles. The maximum atomic E-state index is 11.2. The summed E-state index contributed by atoms with van der Waals surface area (Å²) in [5.74, 6) is -0.573. The zero-order chi connectivity index (χ0) is 19.3. The molecular weight excluding hydrogens is 320 g/mol. The number of hydrogen-bond acceptors (Lipinski definition) is 1. The first kappa shape index (κ1) is 18.9. The minimum atomic E-state index is -0.869. The molecular formula is C24H32O2. The number of fused-ring (bicyclic) bond motifs is 1. The molecule has 140 valence electrons. The Kier molecular flexibility index (Phi) is 4.45. The molecule has 0 fully saturated rings. The predicted molar refractivity (Wildman–Crippen MR) is 108 cm³/mol. The normalized spacial score (nSPS) is 27.2. The molecule has 0 amide bonds. The highest BCUT2D eigenvalue weighted by Crippen LogP contribution is 2.50. The van der Waals surface area contributed by atoms with Crippen molar-refractivity contribution in [3.63, 3.8) is 0 Å². The smallest absolute Gasteiger partial charge is 0.328 e. The molecule has 2 heteroatoms. The fourth-order valence-electron chi connectivity index (χ4n) is 4.78. The van der Waals surface area contributed by atoms with Gasteiger partial charge in [-0.05, 0) is 63.7 Å². The molecule has 0 heterocycles. The molecule has 0 spiro atoms. The average molecular weight is 353 g/mol. The summed E-state index contributed by atoms with van der Waals surface area (Å²) >= 11 is 0. The third-order valence-electron chi connectivity index (χ3n) is 6.84. The molecule has 0 aliphatic heterocycles. The van der Waals surface area contributed by atoms with Gasteiger partial charge in [0, 0.05) is 6.08 Å². The highest BCUT2D eigenvalue weighted by Gasteiger charge is 2.39. The molecule has 3 rings (SSSR count). The summed E-state index contributed by atoms with van der Waals surface area (Å²) in [6.45, 7) is 13.7. The molecule has 1 aromatic rings. The number of carbonyl (C=O) groups is 1. The lowest BCUT2D eigenvalue weighted by atomic mass is 9.61. The van der Waals surface area contributed by atoms with E-state index in [1.165, 1.54) is 35.6 Å². The molecule has 2 nitrogen and oxygen atoms in total. The lowest BCUT2D eigenvalue weighted by Gasteiger charge is -2.43. The number of carboxylic acid groups (broad SMARTS) is 1. The minimum Gasteiger partial charge on any atom is -0.478 e. The SMILES string of the molecule is CC1(C)CCC(C)(C)c2cc([C@@H]3CC=CC(=CC(=O)O)C3(C)C)ccc21. The van der Waals surface area contributed by atoms with Gasteiger partial charge in [-0.1, -0.05) is 71.9 Å². The second kappa shape index (κ2) is 6.11. The van der Waals surface area contributed by atoms with Crippen molar-refractivity contribution in [2.45, 2.75) is 77.6 Å². The van der Waals surface area contributed by atoms with E-state index in [-0.39, 0.29) is 16.2 Å². The number of aliphatic carboxylic acids is 1. The zero-order valence-corrected chi connectivity index (χ0v) is 17.0. The van der Waals surface area contributed by atoms with Crippen LogP contribution in [-0.2, 0) is 15.6 Å². The Morgan fingerprint density at radius 1 is 1.04 bits per heavy atom. The van der Waals surface area contributed by atoms with E-state index in [0.717, 1.165) is 12.0 Å². The standard InChI is InChI=1S/C24H32O2/c1-22(2)12-13-23(3,4)20-14-16(10-11-19(20)22)18-9-7-8-17(15-21(25)26)24(18,5)6/h7-8,10-11,14-15,18H,9,12-13H2,1-6H3,(H,25,26)/t18-/m0/s1. The Hall–Kier alpha value is -1.83. The van der Waals surface area contributed by atoms with E-state index in [2.05, 4.69) is 65.8 Å². The summed E-state index contributed by atoms with van der Waals surface area (Å²) in [4.78, 5) is 11.2. The summed E-state index contributed by atoms with van der Waals surface area (Å²) in [6, 6.07) is 7.03. The third kappa shape index (κ3) is 3.15. The lowest BCUT2D eigenvalue weighted by molar-refractivity contribution is -0.131. The largest absolute Gasteiger partial charge is 0.478 e. The number of carboxylic acids is 1. The number of allylic oxidation sites excluding steroid dienone is 3. The first-order chi connectivity index (χ1) is 11.9. The molecule has 2 aliphatic carbocycles. The van der Waals surface area contributed by atoms with Crippen LogP contribution in [-0.4, -0.2) is 11.1 Å². The van der Waals surface area contributed by atoms with Crippen LogP contribution in [0, 0.1) is 5.41 Å². The number of benzene rings is 1. The van der Waals surface area contributed by atoms with Crippen LogP contribution in [0.4, 0.5) is 0 Å². The van der Waals surface area contributed by atoms with Gasteiger partial charge in [0.2, 0.25) is 0 Å². The van der Waals surface area contributed by atoms with Crippen molar-refractivity contribution in [2.24, 2.45) is 5.41 Å². The first-order valence-electron chi connectivity index (χ1n) is 9.72. The molecule has 0 bridgehead atoms.